The first-order valence-corrected chi connectivity index (χ1v) is 6.55. The highest BCUT2D eigenvalue weighted by Gasteiger charge is 2.12. The van der Waals surface area contributed by atoms with E-state index in [1.165, 1.54) is 19.2 Å². The Labute approximate surface area is 127 Å². The highest BCUT2D eigenvalue weighted by molar-refractivity contribution is 5.96. The maximum atomic E-state index is 11.8. The summed E-state index contributed by atoms with van der Waals surface area (Å²) in [4.78, 5) is 23.2. The van der Waals surface area contributed by atoms with Gasteiger partial charge in [-0.3, -0.25) is 9.59 Å². The van der Waals surface area contributed by atoms with Crippen molar-refractivity contribution in [2.45, 2.75) is 0 Å². The number of amides is 2. The molecule has 6 heteroatoms. The van der Waals surface area contributed by atoms with Crippen LogP contribution in [0, 0.1) is 0 Å². The predicted molar refractivity (Wildman–Crippen MR) is 82.1 cm³/mol. The molecule has 0 aliphatic rings. The number of carbonyl (C=O) groups excluding carboxylic acids is 2. The highest BCUT2D eigenvalue weighted by Crippen LogP contribution is 2.24. The Morgan fingerprint density at radius 2 is 1.86 bits per heavy atom. The summed E-state index contributed by atoms with van der Waals surface area (Å²) < 4.78 is 10.4. The molecule has 2 rings (SSSR count). The van der Waals surface area contributed by atoms with Crippen molar-refractivity contribution in [3.05, 3.63) is 54.1 Å². The van der Waals surface area contributed by atoms with Crippen LogP contribution in [0.5, 0.6) is 11.5 Å². The first-order valence-electron chi connectivity index (χ1n) is 6.55. The molecule has 0 saturated carbocycles. The number of benzene rings is 2. The molecule has 0 saturated heterocycles. The summed E-state index contributed by atoms with van der Waals surface area (Å²) in [5, 5.41) is 2.68. The van der Waals surface area contributed by atoms with Gasteiger partial charge in [-0.05, 0) is 24.3 Å². The van der Waals surface area contributed by atoms with Crippen molar-refractivity contribution in [3.63, 3.8) is 0 Å². The molecule has 114 valence electrons. The van der Waals surface area contributed by atoms with Gasteiger partial charge in [-0.15, -0.1) is 0 Å². The second kappa shape index (κ2) is 7.12. The smallest absolute Gasteiger partial charge is 0.262 e. The lowest BCUT2D eigenvalue weighted by Gasteiger charge is -2.11. The second-order valence-electron chi connectivity index (χ2n) is 4.43. The summed E-state index contributed by atoms with van der Waals surface area (Å²) in [6.07, 6.45) is 0. The largest absolute Gasteiger partial charge is 0.497 e. The van der Waals surface area contributed by atoms with Crippen LogP contribution in [-0.4, -0.2) is 25.5 Å². The zero-order valence-corrected chi connectivity index (χ0v) is 12.0. The minimum atomic E-state index is -0.638. The molecule has 0 aliphatic carbocycles. The van der Waals surface area contributed by atoms with Crippen molar-refractivity contribution in [1.29, 1.82) is 0 Å². The molecule has 22 heavy (non-hydrogen) atoms. The lowest BCUT2D eigenvalue weighted by Crippen LogP contribution is -2.21. The molecule has 0 spiro atoms. The minimum Gasteiger partial charge on any atom is -0.497 e. The van der Waals surface area contributed by atoms with Gasteiger partial charge in [0.1, 0.15) is 11.5 Å². The number of para-hydroxylation sites is 1. The van der Waals surface area contributed by atoms with Crippen LogP contribution in [0.2, 0.25) is 0 Å². The Bertz CT molecular complexity index is 671. The molecular formula is C16H16N2O4. The average Bonchev–Trinajstić information content (AvgIpc) is 2.53. The van der Waals surface area contributed by atoms with Crippen LogP contribution in [0.25, 0.3) is 0 Å². The SMILES string of the molecule is COc1ccc(C(N)=O)c(OCC(=O)Nc2ccccc2)c1. The first-order chi connectivity index (χ1) is 10.6. The first kappa shape index (κ1) is 15.4. The normalized spacial score (nSPS) is 9.86. The number of methoxy groups -OCH3 is 1. The Morgan fingerprint density at radius 3 is 2.50 bits per heavy atom. The molecule has 0 bridgehead atoms. The van der Waals surface area contributed by atoms with Gasteiger partial charge in [0.15, 0.2) is 6.61 Å². The third-order valence-electron chi connectivity index (χ3n) is 2.87. The number of ether oxygens (including phenoxy) is 2. The van der Waals surface area contributed by atoms with Crippen LogP contribution in [0.15, 0.2) is 48.5 Å². The lowest BCUT2D eigenvalue weighted by atomic mass is 10.2. The van der Waals surface area contributed by atoms with Crippen molar-refractivity contribution in [1.82, 2.24) is 0 Å². The standard InChI is InChI=1S/C16H16N2O4/c1-21-12-7-8-13(16(17)20)14(9-12)22-10-15(19)18-11-5-3-2-4-6-11/h2-9H,10H2,1H3,(H2,17,20)(H,18,19). The van der Waals surface area contributed by atoms with Crippen molar-refractivity contribution in [2.24, 2.45) is 5.73 Å². The van der Waals surface area contributed by atoms with Crippen molar-refractivity contribution >= 4 is 17.5 Å². The number of primary amides is 1. The maximum absolute atomic E-state index is 11.8. The van der Waals surface area contributed by atoms with Gasteiger partial charge in [-0.2, -0.15) is 0 Å². The van der Waals surface area contributed by atoms with E-state index in [0.29, 0.717) is 11.4 Å². The summed E-state index contributed by atoms with van der Waals surface area (Å²) in [6, 6.07) is 13.6. The lowest BCUT2D eigenvalue weighted by molar-refractivity contribution is -0.118. The molecular weight excluding hydrogens is 284 g/mol. The van der Waals surface area contributed by atoms with Crippen LogP contribution in [-0.2, 0) is 4.79 Å². The molecule has 2 aromatic carbocycles. The van der Waals surface area contributed by atoms with E-state index in [0.717, 1.165) is 0 Å². The van der Waals surface area contributed by atoms with Gasteiger partial charge in [-0.1, -0.05) is 18.2 Å². The van der Waals surface area contributed by atoms with Gasteiger partial charge >= 0.3 is 0 Å². The highest BCUT2D eigenvalue weighted by atomic mass is 16.5. The molecule has 0 heterocycles. The summed E-state index contributed by atoms with van der Waals surface area (Å²) in [7, 11) is 1.49. The van der Waals surface area contributed by atoms with E-state index in [2.05, 4.69) is 5.32 Å². The van der Waals surface area contributed by atoms with E-state index < -0.39 is 5.91 Å². The minimum absolute atomic E-state index is 0.188. The third kappa shape index (κ3) is 3.99. The summed E-state index contributed by atoms with van der Waals surface area (Å²) in [6.45, 7) is -0.248. The van der Waals surface area contributed by atoms with Crippen LogP contribution in [0.3, 0.4) is 0 Å². The summed E-state index contributed by atoms with van der Waals surface area (Å²) in [5.41, 5.74) is 6.13. The Balaban J connectivity index is 2.04. The van der Waals surface area contributed by atoms with E-state index in [1.807, 2.05) is 18.2 Å². The van der Waals surface area contributed by atoms with Crippen molar-refractivity contribution in [2.75, 3.05) is 19.0 Å². The number of nitrogens with two attached hydrogens (primary N) is 1. The van der Waals surface area contributed by atoms with Gasteiger partial charge in [0.05, 0.1) is 12.7 Å². The van der Waals surface area contributed by atoms with E-state index in [4.69, 9.17) is 15.2 Å². The molecule has 6 nitrogen and oxygen atoms in total. The average molecular weight is 300 g/mol. The number of nitrogens with one attached hydrogen (secondary N) is 1. The number of rotatable bonds is 6. The van der Waals surface area contributed by atoms with Gasteiger partial charge in [0.25, 0.3) is 11.8 Å². The summed E-state index contributed by atoms with van der Waals surface area (Å²) >= 11 is 0. The molecule has 0 unspecified atom stereocenters. The molecule has 0 aliphatic heterocycles. The third-order valence-corrected chi connectivity index (χ3v) is 2.87. The number of hydrogen-bond donors (Lipinski definition) is 2. The molecule has 3 N–H and O–H groups in total. The van der Waals surface area contributed by atoms with Crippen LogP contribution >= 0.6 is 0 Å². The van der Waals surface area contributed by atoms with Crippen molar-refractivity contribution < 1.29 is 19.1 Å². The molecule has 0 atom stereocenters. The molecule has 0 fully saturated rings. The molecule has 0 aromatic heterocycles. The molecule has 2 aromatic rings. The summed E-state index contributed by atoms with van der Waals surface area (Å²) in [5.74, 6) is -0.274. The monoisotopic (exact) mass is 300 g/mol. The fourth-order valence-electron chi connectivity index (χ4n) is 1.81. The Morgan fingerprint density at radius 1 is 1.14 bits per heavy atom. The van der Waals surface area contributed by atoms with Gasteiger partial charge in [0.2, 0.25) is 0 Å². The van der Waals surface area contributed by atoms with Crippen LogP contribution in [0.4, 0.5) is 5.69 Å². The van der Waals surface area contributed by atoms with Gasteiger partial charge in [0, 0.05) is 11.8 Å². The zero-order chi connectivity index (χ0) is 15.9. The Hall–Kier alpha value is -3.02. The van der Waals surface area contributed by atoms with E-state index in [9.17, 15) is 9.59 Å². The Kier molecular flexibility index (Phi) is 4.98. The predicted octanol–water partition coefficient (Wildman–Crippen LogP) is 1.81. The van der Waals surface area contributed by atoms with Crippen LogP contribution < -0.4 is 20.5 Å². The zero-order valence-electron chi connectivity index (χ0n) is 12.0. The van der Waals surface area contributed by atoms with Crippen molar-refractivity contribution in [3.8, 4) is 11.5 Å². The van der Waals surface area contributed by atoms with E-state index in [-0.39, 0.29) is 23.8 Å². The quantitative estimate of drug-likeness (QED) is 0.851. The number of hydrogen-bond acceptors (Lipinski definition) is 4. The molecule has 2 amide bonds. The van der Waals surface area contributed by atoms with Crippen LogP contribution in [0.1, 0.15) is 10.4 Å². The topological polar surface area (TPSA) is 90.7 Å². The molecule has 0 radical (unpaired) electrons. The fraction of sp³-hybridized carbons (Fsp3) is 0.125. The van der Waals surface area contributed by atoms with E-state index in [1.54, 1.807) is 18.2 Å². The number of carbonyl (C=O) groups is 2. The van der Waals surface area contributed by atoms with E-state index >= 15 is 0 Å². The second-order valence-corrected chi connectivity index (χ2v) is 4.43. The fourth-order valence-corrected chi connectivity index (χ4v) is 1.81. The van der Waals surface area contributed by atoms with Gasteiger partial charge in [-0.25, -0.2) is 0 Å². The maximum Gasteiger partial charge on any atom is 0.262 e. The number of anilines is 1. The van der Waals surface area contributed by atoms with Gasteiger partial charge < -0.3 is 20.5 Å².